The molecule has 1 saturated heterocycles. The van der Waals surface area contributed by atoms with E-state index in [0.29, 0.717) is 13.2 Å². The van der Waals surface area contributed by atoms with Crippen LogP contribution in [-0.4, -0.2) is 39.6 Å². The fraction of sp³-hybridized carbons (Fsp3) is 0.708. The first-order chi connectivity index (χ1) is 14.2. The number of rotatable bonds is 6. The molecular formula is C24H33ClN2O3. The van der Waals surface area contributed by atoms with Gasteiger partial charge in [-0.25, -0.2) is 4.98 Å². The Kier molecular flexibility index (Phi) is 5.59. The molecular weight excluding hydrogens is 400 g/mol. The molecule has 5 aliphatic rings. The molecule has 164 valence electrons. The molecule has 2 atom stereocenters. The van der Waals surface area contributed by atoms with Crippen molar-refractivity contribution in [2.24, 2.45) is 17.8 Å². The van der Waals surface area contributed by atoms with Crippen molar-refractivity contribution in [2.45, 2.75) is 75.7 Å². The van der Waals surface area contributed by atoms with Gasteiger partial charge in [0.1, 0.15) is 11.9 Å². The minimum absolute atomic E-state index is 0. The number of nitrogens with zero attached hydrogens (tertiary/aromatic N) is 2. The number of benzene rings is 1. The summed E-state index contributed by atoms with van der Waals surface area (Å²) >= 11 is 0. The molecule has 30 heavy (non-hydrogen) atoms. The zero-order chi connectivity index (χ0) is 19.4. The van der Waals surface area contributed by atoms with E-state index in [9.17, 15) is 5.11 Å². The van der Waals surface area contributed by atoms with E-state index < -0.39 is 6.10 Å². The maximum Gasteiger partial charge on any atom is 0.139 e. The SMILES string of the molecule is Cl.OC(COC12CC3CC(CC(C3)C1)C2)Cn1c(C2CCCO2)nc2ccccc21. The Morgan fingerprint density at radius 3 is 2.50 bits per heavy atom. The highest BCUT2D eigenvalue weighted by Crippen LogP contribution is 2.57. The van der Waals surface area contributed by atoms with Gasteiger partial charge in [0.05, 0.1) is 35.9 Å². The lowest BCUT2D eigenvalue weighted by Crippen LogP contribution is -2.52. The molecule has 4 saturated carbocycles. The first-order valence-corrected chi connectivity index (χ1v) is 11.6. The van der Waals surface area contributed by atoms with Gasteiger partial charge in [0, 0.05) is 6.61 Å². The van der Waals surface area contributed by atoms with Gasteiger partial charge in [0.2, 0.25) is 0 Å². The zero-order valence-electron chi connectivity index (χ0n) is 17.5. The first kappa shape index (κ1) is 20.7. The van der Waals surface area contributed by atoms with Gasteiger partial charge in [-0.15, -0.1) is 12.4 Å². The lowest BCUT2D eigenvalue weighted by Gasteiger charge is -2.56. The number of imidazole rings is 1. The molecule has 1 aromatic heterocycles. The maximum absolute atomic E-state index is 10.9. The number of aliphatic hydroxyl groups is 1. The molecule has 1 aromatic carbocycles. The average molecular weight is 433 g/mol. The summed E-state index contributed by atoms with van der Waals surface area (Å²) in [4.78, 5) is 4.85. The van der Waals surface area contributed by atoms with Gasteiger partial charge in [-0.2, -0.15) is 0 Å². The Morgan fingerprint density at radius 1 is 1.13 bits per heavy atom. The largest absolute Gasteiger partial charge is 0.389 e. The van der Waals surface area contributed by atoms with Gasteiger partial charge in [-0.1, -0.05) is 12.1 Å². The van der Waals surface area contributed by atoms with E-state index in [2.05, 4.69) is 10.6 Å². The Morgan fingerprint density at radius 2 is 1.83 bits per heavy atom. The Balaban J connectivity index is 0.00000193. The molecule has 0 spiro atoms. The van der Waals surface area contributed by atoms with E-state index in [4.69, 9.17) is 14.5 Å². The number of halogens is 1. The third-order valence-corrected chi connectivity index (χ3v) is 7.86. The van der Waals surface area contributed by atoms with Crippen LogP contribution in [-0.2, 0) is 16.0 Å². The Labute approximate surface area is 184 Å². The van der Waals surface area contributed by atoms with Crippen LogP contribution in [0.25, 0.3) is 11.0 Å². The summed E-state index contributed by atoms with van der Waals surface area (Å²) < 4.78 is 14.6. The highest BCUT2D eigenvalue weighted by molar-refractivity contribution is 5.85. The Bertz CT molecular complexity index is 856. The summed E-state index contributed by atoms with van der Waals surface area (Å²) in [7, 11) is 0. The number of hydrogen-bond acceptors (Lipinski definition) is 4. The van der Waals surface area contributed by atoms with Crippen molar-refractivity contribution in [3.05, 3.63) is 30.1 Å². The van der Waals surface area contributed by atoms with Gasteiger partial charge < -0.3 is 19.1 Å². The molecule has 5 fully saturated rings. The third-order valence-electron chi connectivity index (χ3n) is 7.86. The first-order valence-electron chi connectivity index (χ1n) is 11.6. The average Bonchev–Trinajstić information content (AvgIpc) is 3.34. The number of ether oxygens (including phenoxy) is 2. The van der Waals surface area contributed by atoms with Crippen molar-refractivity contribution in [2.75, 3.05) is 13.2 Å². The van der Waals surface area contributed by atoms with Crippen LogP contribution in [0.1, 0.15) is 63.3 Å². The molecule has 0 radical (unpaired) electrons. The van der Waals surface area contributed by atoms with Crippen LogP contribution < -0.4 is 0 Å². The van der Waals surface area contributed by atoms with Crippen LogP contribution >= 0.6 is 12.4 Å². The second-order valence-electron chi connectivity index (χ2n) is 10.1. The van der Waals surface area contributed by atoms with Gasteiger partial charge >= 0.3 is 0 Å². The number of fused-ring (bicyclic) bond motifs is 1. The maximum atomic E-state index is 10.9. The van der Waals surface area contributed by atoms with E-state index in [0.717, 1.165) is 54.1 Å². The number of hydrogen-bond donors (Lipinski definition) is 1. The number of para-hydroxylation sites is 2. The van der Waals surface area contributed by atoms with Crippen LogP contribution in [0.15, 0.2) is 24.3 Å². The highest BCUT2D eigenvalue weighted by Gasteiger charge is 2.51. The van der Waals surface area contributed by atoms with Crippen LogP contribution in [0, 0.1) is 17.8 Å². The lowest BCUT2D eigenvalue weighted by atomic mass is 9.54. The molecule has 1 N–H and O–H groups in total. The molecule has 1 aliphatic heterocycles. The van der Waals surface area contributed by atoms with Gasteiger partial charge in [0.25, 0.3) is 0 Å². The Hall–Kier alpha value is -1.14. The predicted octanol–water partition coefficient (Wildman–Crippen LogP) is 4.66. The highest BCUT2D eigenvalue weighted by atomic mass is 35.5. The van der Waals surface area contributed by atoms with Crippen molar-refractivity contribution in [1.82, 2.24) is 9.55 Å². The van der Waals surface area contributed by atoms with Gasteiger partial charge in [0.15, 0.2) is 0 Å². The lowest BCUT2D eigenvalue weighted by molar-refractivity contribution is -0.175. The third kappa shape index (κ3) is 3.68. The monoisotopic (exact) mass is 432 g/mol. The van der Waals surface area contributed by atoms with Gasteiger partial charge in [-0.3, -0.25) is 0 Å². The number of aliphatic hydroxyl groups excluding tert-OH is 1. The van der Waals surface area contributed by atoms with Crippen LogP contribution in [0.4, 0.5) is 0 Å². The van der Waals surface area contributed by atoms with Crippen LogP contribution in [0.2, 0.25) is 0 Å². The van der Waals surface area contributed by atoms with E-state index >= 15 is 0 Å². The second kappa shape index (κ2) is 8.09. The van der Waals surface area contributed by atoms with Crippen molar-refractivity contribution >= 4 is 23.4 Å². The van der Waals surface area contributed by atoms with Crippen molar-refractivity contribution in [1.29, 1.82) is 0 Å². The van der Waals surface area contributed by atoms with E-state index in [-0.39, 0.29) is 24.1 Å². The minimum Gasteiger partial charge on any atom is -0.389 e. The molecule has 7 rings (SSSR count). The molecule has 2 unspecified atom stereocenters. The molecule has 0 amide bonds. The molecule has 2 heterocycles. The molecule has 5 nitrogen and oxygen atoms in total. The minimum atomic E-state index is -0.527. The second-order valence-corrected chi connectivity index (χ2v) is 10.1. The van der Waals surface area contributed by atoms with Crippen molar-refractivity contribution in [3.8, 4) is 0 Å². The normalized spacial score (nSPS) is 35.6. The molecule has 2 aromatic rings. The fourth-order valence-electron chi connectivity index (χ4n) is 7.06. The summed E-state index contributed by atoms with van der Waals surface area (Å²) in [6.07, 6.45) is 9.46. The molecule has 4 bridgehead atoms. The molecule has 6 heteroatoms. The van der Waals surface area contributed by atoms with Crippen molar-refractivity contribution in [3.63, 3.8) is 0 Å². The fourth-order valence-corrected chi connectivity index (χ4v) is 7.06. The predicted molar refractivity (Wildman–Crippen MR) is 118 cm³/mol. The smallest absolute Gasteiger partial charge is 0.139 e. The summed E-state index contributed by atoms with van der Waals surface area (Å²) in [6, 6.07) is 8.19. The van der Waals surface area contributed by atoms with Crippen molar-refractivity contribution < 1.29 is 14.6 Å². The quantitative estimate of drug-likeness (QED) is 0.721. The van der Waals surface area contributed by atoms with E-state index in [1.54, 1.807) is 0 Å². The molecule has 4 aliphatic carbocycles. The van der Waals surface area contributed by atoms with E-state index in [1.807, 2.05) is 18.2 Å². The summed E-state index contributed by atoms with van der Waals surface area (Å²) in [5.41, 5.74) is 2.10. The number of aromatic nitrogens is 2. The van der Waals surface area contributed by atoms with E-state index in [1.165, 1.54) is 38.5 Å². The summed E-state index contributed by atoms with van der Waals surface area (Å²) in [5.74, 6) is 3.55. The standard InChI is InChI=1S/C24H32N2O3.ClH/c27-19(15-29-24-11-16-8-17(12-24)10-18(9-16)13-24)14-26-21-5-2-1-4-20(21)25-23(26)22-6-3-7-28-22;/h1-2,4-5,16-19,22,27H,3,6-15H2;1H. The summed E-state index contributed by atoms with van der Waals surface area (Å²) in [6.45, 7) is 1.73. The van der Waals surface area contributed by atoms with Crippen LogP contribution in [0.5, 0.6) is 0 Å². The zero-order valence-corrected chi connectivity index (χ0v) is 18.4. The topological polar surface area (TPSA) is 56.5 Å². The summed E-state index contributed by atoms with van der Waals surface area (Å²) in [5, 5.41) is 10.9. The van der Waals surface area contributed by atoms with Gasteiger partial charge in [-0.05, 0) is 81.3 Å². The van der Waals surface area contributed by atoms with Crippen LogP contribution in [0.3, 0.4) is 0 Å².